The van der Waals surface area contributed by atoms with E-state index in [-0.39, 0.29) is 41.8 Å². The first-order valence-electron chi connectivity index (χ1n) is 17.4. The molecule has 0 aromatic rings. The van der Waals surface area contributed by atoms with Gasteiger partial charge in [-0.15, -0.1) is 0 Å². The van der Waals surface area contributed by atoms with Crippen LogP contribution in [0.1, 0.15) is 98.8 Å². The minimum Gasteiger partial charge on any atom is -0.373 e. The third-order valence-electron chi connectivity index (χ3n) is 14.3. The molecule has 2 saturated heterocycles. The molecule has 5 aliphatic carbocycles. The predicted molar refractivity (Wildman–Crippen MR) is 164 cm³/mol. The van der Waals surface area contributed by atoms with Gasteiger partial charge in [0.25, 0.3) is 0 Å². The lowest BCUT2D eigenvalue weighted by Crippen LogP contribution is -2.56. The number of rotatable bonds is 6. The Morgan fingerprint density at radius 2 is 1.77 bits per heavy atom. The lowest BCUT2D eigenvalue weighted by Gasteiger charge is -2.60. The van der Waals surface area contributed by atoms with E-state index in [0.29, 0.717) is 54.3 Å². The first-order valence-corrected chi connectivity index (χ1v) is 19.3. The maximum Gasteiger partial charge on any atom is 0.225 e. The monoisotopic (exact) mass is 620 g/mol. The molecule has 2 spiro atoms. The van der Waals surface area contributed by atoms with Crippen LogP contribution < -0.4 is 4.72 Å². The highest BCUT2D eigenvalue weighted by molar-refractivity contribution is 7.88. The number of amides is 1. The van der Waals surface area contributed by atoms with E-state index >= 15 is 0 Å². The fraction of sp³-hybridized carbons (Fsp3) is 0.971. The number of hydrogen-bond donors (Lipinski definition) is 1. The summed E-state index contributed by atoms with van der Waals surface area (Å²) in [6, 6.07) is 0. The molecule has 7 unspecified atom stereocenters. The molecule has 9 heteroatoms. The Labute approximate surface area is 259 Å². The molecular weight excluding hydrogens is 564 g/mol. The molecule has 7 rings (SSSR count). The average molecular weight is 621 g/mol. The summed E-state index contributed by atoms with van der Waals surface area (Å²) in [5, 5.41) is 0. The van der Waals surface area contributed by atoms with Crippen LogP contribution in [0.3, 0.4) is 0 Å². The first kappa shape index (κ1) is 30.9. The quantitative estimate of drug-likeness (QED) is 0.451. The van der Waals surface area contributed by atoms with Crippen LogP contribution >= 0.6 is 0 Å². The van der Waals surface area contributed by atoms with Crippen molar-refractivity contribution in [2.45, 2.75) is 123 Å². The maximum absolute atomic E-state index is 12.7. The van der Waals surface area contributed by atoms with Gasteiger partial charge in [-0.3, -0.25) is 4.79 Å². The Balaban J connectivity index is 1.04. The van der Waals surface area contributed by atoms with Crippen molar-refractivity contribution in [3.05, 3.63) is 0 Å². The molecule has 8 nitrogen and oxygen atoms in total. The third kappa shape index (κ3) is 4.79. The average Bonchev–Trinajstić information content (AvgIpc) is 3.52. The van der Waals surface area contributed by atoms with E-state index in [0.717, 1.165) is 37.5 Å². The Morgan fingerprint density at radius 3 is 2.51 bits per heavy atom. The molecule has 7 fully saturated rings. The molecular formula is C34H56N2O6S. The van der Waals surface area contributed by atoms with E-state index < -0.39 is 10.0 Å². The number of carbonyl (C=O) groups excluding carboxylic acids is 1. The molecule has 0 bridgehead atoms. The fourth-order valence-electron chi connectivity index (χ4n) is 12.4. The van der Waals surface area contributed by atoms with Gasteiger partial charge < -0.3 is 19.1 Å². The zero-order valence-electron chi connectivity index (χ0n) is 27.4. The van der Waals surface area contributed by atoms with Gasteiger partial charge >= 0.3 is 0 Å². The summed E-state index contributed by atoms with van der Waals surface area (Å²) in [6.45, 7) is 13.6. The van der Waals surface area contributed by atoms with Crippen molar-refractivity contribution in [1.82, 2.24) is 9.62 Å². The smallest absolute Gasteiger partial charge is 0.225 e. The van der Waals surface area contributed by atoms with Gasteiger partial charge in [0.1, 0.15) is 0 Å². The number of morpholine rings is 1. The second-order valence-corrected chi connectivity index (χ2v) is 18.7. The van der Waals surface area contributed by atoms with Crippen LogP contribution in [0.2, 0.25) is 0 Å². The number of ether oxygens (including phenoxy) is 3. The molecule has 244 valence electrons. The zero-order valence-corrected chi connectivity index (χ0v) is 28.2. The van der Waals surface area contributed by atoms with Crippen LogP contribution in [0.15, 0.2) is 0 Å². The minimum absolute atomic E-state index is 0.00277. The number of carbonyl (C=O) groups is 1. The third-order valence-corrected chi connectivity index (χ3v) is 15.0. The second kappa shape index (κ2) is 10.4. The molecule has 0 aromatic heterocycles. The van der Waals surface area contributed by atoms with Crippen LogP contribution in [-0.4, -0.2) is 76.3 Å². The molecule has 1 amide bonds. The molecule has 1 N–H and O–H groups in total. The van der Waals surface area contributed by atoms with Gasteiger partial charge in [0.2, 0.25) is 15.9 Å². The topological polar surface area (TPSA) is 94.2 Å². The lowest BCUT2D eigenvalue weighted by molar-refractivity contribution is -0.244. The molecule has 43 heavy (non-hydrogen) atoms. The SMILES string of the molecule is CC(C)C(=O)N1CCOC(O[C@H]2CC[C@]34CC35CC[C@]3(C)C6CCC(CNS(C)(=O)=O)OC6CC3[C@@H]5CCC4C2(C)C)C1. The molecule has 7 aliphatic rings. The Kier molecular flexibility index (Phi) is 7.46. The predicted octanol–water partition coefficient (Wildman–Crippen LogP) is 4.97. The van der Waals surface area contributed by atoms with Crippen molar-refractivity contribution < 1.29 is 27.4 Å². The van der Waals surface area contributed by atoms with Crippen molar-refractivity contribution in [2.75, 3.05) is 32.5 Å². The van der Waals surface area contributed by atoms with Gasteiger partial charge in [0.05, 0.1) is 37.7 Å². The summed E-state index contributed by atoms with van der Waals surface area (Å²) in [7, 11) is -3.20. The Bertz CT molecular complexity index is 1220. The van der Waals surface area contributed by atoms with E-state index in [1.807, 2.05) is 18.7 Å². The Hall–Kier alpha value is -0.740. The highest BCUT2D eigenvalue weighted by atomic mass is 32.2. The number of sulfonamides is 1. The van der Waals surface area contributed by atoms with Crippen molar-refractivity contribution in [3.8, 4) is 0 Å². The number of nitrogens with one attached hydrogen (secondary N) is 1. The van der Waals surface area contributed by atoms with Gasteiger partial charge in [-0.25, -0.2) is 13.1 Å². The van der Waals surface area contributed by atoms with Crippen molar-refractivity contribution in [3.63, 3.8) is 0 Å². The second-order valence-electron chi connectivity index (χ2n) is 16.9. The molecule has 2 heterocycles. The van der Waals surface area contributed by atoms with Gasteiger partial charge in [-0.05, 0) is 110 Å². The summed E-state index contributed by atoms with van der Waals surface area (Å²) < 4.78 is 45.6. The van der Waals surface area contributed by atoms with E-state index in [1.54, 1.807) is 0 Å². The summed E-state index contributed by atoms with van der Waals surface area (Å²) in [5.41, 5.74) is 1.35. The summed E-state index contributed by atoms with van der Waals surface area (Å²) >= 11 is 0. The lowest BCUT2D eigenvalue weighted by atomic mass is 9.46. The van der Waals surface area contributed by atoms with E-state index in [4.69, 9.17) is 14.2 Å². The number of fused-ring (bicyclic) bond motifs is 4. The minimum atomic E-state index is -3.20. The summed E-state index contributed by atoms with van der Waals surface area (Å²) in [4.78, 5) is 14.6. The molecule has 11 atom stereocenters. The van der Waals surface area contributed by atoms with Gasteiger partial charge in [0.15, 0.2) is 6.29 Å². The normalized spacial score (nSPS) is 48.5. The van der Waals surface area contributed by atoms with Crippen molar-refractivity contribution >= 4 is 15.9 Å². The molecule has 0 aromatic carbocycles. The van der Waals surface area contributed by atoms with Crippen LogP contribution in [0.4, 0.5) is 0 Å². The van der Waals surface area contributed by atoms with E-state index in [2.05, 4.69) is 25.5 Å². The number of hydrogen-bond acceptors (Lipinski definition) is 6. The van der Waals surface area contributed by atoms with Crippen LogP contribution in [0.25, 0.3) is 0 Å². The first-order chi connectivity index (χ1) is 20.2. The molecule has 0 radical (unpaired) electrons. The van der Waals surface area contributed by atoms with Gasteiger partial charge in [-0.2, -0.15) is 0 Å². The van der Waals surface area contributed by atoms with Crippen LogP contribution in [0.5, 0.6) is 0 Å². The van der Waals surface area contributed by atoms with Crippen molar-refractivity contribution in [1.29, 1.82) is 0 Å². The summed E-state index contributed by atoms with van der Waals surface area (Å²) in [6.07, 6.45) is 13.6. The molecule has 2 aliphatic heterocycles. The fourth-order valence-corrected chi connectivity index (χ4v) is 12.9. The van der Waals surface area contributed by atoms with Crippen LogP contribution in [-0.2, 0) is 29.0 Å². The number of nitrogens with zero attached hydrogens (tertiary/aromatic N) is 1. The van der Waals surface area contributed by atoms with E-state index in [9.17, 15) is 13.2 Å². The Morgan fingerprint density at radius 1 is 1.00 bits per heavy atom. The van der Waals surface area contributed by atoms with E-state index in [1.165, 1.54) is 44.8 Å². The standard InChI is InChI=1S/C34H56N2O6S/c1-21(2)30(37)36-15-16-40-29(19-36)42-28-11-12-34-20-33(34)14-13-32(5)24-8-7-22(18-35-43(6,38)39)41-26(24)17-25(32)23(33)9-10-27(34)31(28,3)4/h21-29,35H,7-20H2,1-6H3/t22?,23-,24?,25?,26?,27?,28-,29?,32+,33?,34+/m0/s1. The van der Waals surface area contributed by atoms with Crippen molar-refractivity contribution in [2.24, 2.45) is 51.2 Å². The highest BCUT2D eigenvalue weighted by Crippen LogP contribution is 2.87. The van der Waals surface area contributed by atoms with Gasteiger partial charge in [-0.1, -0.05) is 34.6 Å². The zero-order chi connectivity index (χ0) is 30.6. The summed E-state index contributed by atoms with van der Waals surface area (Å²) in [5.74, 6) is 2.97. The molecule has 5 saturated carbocycles. The highest BCUT2D eigenvalue weighted by Gasteiger charge is 2.80. The largest absolute Gasteiger partial charge is 0.373 e. The van der Waals surface area contributed by atoms with Gasteiger partial charge in [0, 0.05) is 19.0 Å². The van der Waals surface area contributed by atoms with Crippen LogP contribution in [0, 0.1) is 51.2 Å². The maximum atomic E-state index is 12.7.